The molecule has 6 nitrogen and oxygen atoms in total. The number of methoxy groups -OCH3 is 2. The third kappa shape index (κ3) is 7.29. The monoisotopic (exact) mass is 299 g/mol. The van der Waals surface area contributed by atoms with E-state index >= 15 is 0 Å². The molecule has 120 valence electrons. The van der Waals surface area contributed by atoms with Gasteiger partial charge in [-0.1, -0.05) is 0 Å². The number of nitrogens with one attached hydrogen (secondary N) is 1. The van der Waals surface area contributed by atoms with E-state index in [0.29, 0.717) is 25.3 Å². The van der Waals surface area contributed by atoms with Gasteiger partial charge in [0, 0.05) is 26.3 Å². The standard InChI is InChI=1S/C15H25NO5/c1-19-10-12(7-8-17)16-9-13(18)11-21-15-5-3-14(20-2)4-6-15/h3-6,12-13,16-18H,7-11H2,1-2H3. The maximum Gasteiger partial charge on any atom is 0.119 e. The lowest BCUT2D eigenvalue weighted by atomic mass is 10.2. The van der Waals surface area contributed by atoms with Crippen molar-refractivity contribution in [1.29, 1.82) is 0 Å². The van der Waals surface area contributed by atoms with E-state index in [1.165, 1.54) is 0 Å². The predicted octanol–water partition coefficient (Wildman–Crippen LogP) is 0.422. The average molecular weight is 299 g/mol. The van der Waals surface area contributed by atoms with Crippen molar-refractivity contribution in [2.75, 3.05) is 40.6 Å². The second-order valence-corrected chi connectivity index (χ2v) is 4.71. The highest BCUT2D eigenvalue weighted by Crippen LogP contribution is 2.16. The third-order valence-corrected chi connectivity index (χ3v) is 2.99. The van der Waals surface area contributed by atoms with Gasteiger partial charge in [0.25, 0.3) is 0 Å². The van der Waals surface area contributed by atoms with Crippen molar-refractivity contribution >= 4 is 0 Å². The second kappa shape index (κ2) is 10.4. The fourth-order valence-corrected chi connectivity index (χ4v) is 1.83. The molecule has 3 N–H and O–H groups in total. The molecule has 1 rings (SSSR count). The molecule has 21 heavy (non-hydrogen) atoms. The van der Waals surface area contributed by atoms with Gasteiger partial charge in [-0.05, 0) is 30.7 Å². The lowest BCUT2D eigenvalue weighted by Crippen LogP contribution is -2.40. The molecule has 0 aliphatic carbocycles. The molecule has 1 aromatic carbocycles. The molecule has 0 bridgehead atoms. The van der Waals surface area contributed by atoms with Crippen LogP contribution >= 0.6 is 0 Å². The SMILES string of the molecule is COCC(CCO)NCC(O)COc1ccc(OC)cc1. The molecule has 0 aliphatic heterocycles. The minimum absolute atomic E-state index is 0.0237. The Labute approximate surface area is 125 Å². The Balaban J connectivity index is 2.27. The Morgan fingerprint density at radius 3 is 2.33 bits per heavy atom. The van der Waals surface area contributed by atoms with Gasteiger partial charge in [0.15, 0.2) is 0 Å². The van der Waals surface area contributed by atoms with E-state index < -0.39 is 6.10 Å². The lowest BCUT2D eigenvalue weighted by molar-refractivity contribution is 0.0919. The summed E-state index contributed by atoms with van der Waals surface area (Å²) in [4.78, 5) is 0. The first kappa shape index (κ1) is 17.7. The van der Waals surface area contributed by atoms with Crippen LogP contribution in [0.2, 0.25) is 0 Å². The zero-order chi connectivity index (χ0) is 15.5. The summed E-state index contributed by atoms with van der Waals surface area (Å²) in [7, 11) is 3.21. The molecule has 0 radical (unpaired) electrons. The van der Waals surface area contributed by atoms with Gasteiger partial charge in [0.2, 0.25) is 0 Å². The summed E-state index contributed by atoms with van der Waals surface area (Å²) in [6.45, 7) is 1.15. The van der Waals surface area contributed by atoms with Crippen LogP contribution in [0.15, 0.2) is 24.3 Å². The zero-order valence-electron chi connectivity index (χ0n) is 12.6. The summed E-state index contributed by atoms with van der Waals surface area (Å²) >= 11 is 0. The highest BCUT2D eigenvalue weighted by Gasteiger charge is 2.11. The summed E-state index contributed by atoms with van der Waals surface area (Å²) in [5, 5.41) is 22.0. The molecule has 0 amide bonds. The fourth-order valence-electron chi connectivity index (χ4n) is 1.83. The van der Waals surface area contributed by atoms with Crippen LogP contribution in [-0.4, -0.2) is 62.9 Å². The quantitative estimate of drug-likeness (QED) is 0.549. The van der Waals surface area contributed by atoms with E-state index in [-0.39, 0.29) is 19.3 Å². The number of hydrogen-bond acceptors (Lipinski definition) is 6. The highest BCUT2D eigenvalue weighted by molar-refractivity contribution is 5.31. The van der Waals surface area contributed by atoms with E-state index in [1.54, 1.807) is 38.5 Å². The summed E-state index contributed by atoms with van der Waals surface area (Å²) < 4.78 is 15.6. The van der Waals surface area contributed by atoms with Crippen LogP contribution in [-0.2, 0) is 4.74 Å². The van der Waals surface area contributed by atoms with E-state index in [0.717, 1.165) is 5.75 Å². The molecule has 0 saturated carbocycles. The minimum Gasteiger partial charge on any atom is -0.497 e. The van der Waals surface area contributed by atoms with E-state index in [1.807, 2.05) is 0 Å². The Bertz CT molecular complexity index is 365. The number of rotatable bonds is 11. The van der Waals surface area contributed by atoms with Crippen LogP contribution in [0.1, 0.15) is 6.42 Å². The summed E-state index contributed by atoms with van der Waals surface area (Å²) in [5.41, 5.74) is 0. The molecule has 2 unspecified atom stereocenters. The first-order chi connectivity index (χ1) is 10.2. The van der Waals surface area contributed by atoms with E-state index in [2.05, 4.69) is 5.32 Å². The van der Waals surface area contributed by atoms with E-state index in [4.69, 9.17) is 19.3 Å². The maximum absolute atomic E-state index is 9.88. The lowest BCUT2D eigenvalue weighted by Gasteiger charge is -2.19. The van der Waals surface area contributed by atoms with Crippen LogP contribution in [0.5, 0.6) is 11.5 Å². The van der Waals surface area contributed by atoms with Crippen molar-refractivity contribution < 1.29 is 24.4 Å². The van der Waals surface area contributed by atoms with Crippen LogP contribution in [0.25, 0.3) is 0 Å². The zero-order valence-corrected chi connectivity index (χ0v) is 12.6. The van der Waals surface area contributed by atoms with Crippen molar-refractivity contribution in [3.8, 4) is 11.5 Å². The molecule has 0 aromatic heterocycles. The number of benzene rings is 1. The molecule has 2 atom stereocenters. The van der Waals surface area contributed by atoms with Gasteiger partial charge in [0.05, 0.1) is 13.7 Å². The first-order valence-corrected chi connectivity index (χ1v) is 6.97. The van der Waals surface area contributed by atoms with E-state index in [9.17, 15) is 5.11 Å². The van der Waals surface area contributed by atoms with Gasteiger partial charge in [-0.3, -0.25) is 0 Å². The normalized spacial score (nSPS) is 13.7. The maximum atomic E-state index is 9.88. The number of hydrogen-bond donors (Lipinski definition) is 3. The smallest absolute Gasteiger partial charge is 0.119 e. The Morgan fingerprint density at radius 1 is 1.10 bits per heavy atom. The van der Waals surface area contributed by atoms with Gasteiger partial charge in [-0.15, -0.1) is 0 Å². The summed E-state index contributed by atoms with van der Waals surface area (Å²) in [6.07, 6.45) is -0.0509. The van der Waals surface area contributed by atoms with Gasteiger partial charge < -0.3 is 29.7 Å². The Morgan fingerprint density at radius 2 is 1.76 bits per heavy atom. The number of aliphatic hydroxyl groups is 2. The molecule has 0 aliphatic rings. The van der Waals surface area contributed by atoms with Crippen LogP contribution in [0, 0.1) is 0 Å². The van der Waals surface area contributed by atoms with Gasteiger partial charge >= 0.3 is 0 Å². The summed E-state index contributed by atoms with van der Waals surface area (Å²) in [6, 6.07) is 7.21. The van der Waals surface area contributed by atoms with Crippen LogP contribution < -0.4 is 14.8 Å². The second-order valence-electron chi connectivity index (χ2n) is 4.71. The van der Waals surface area contributed by atoms with Crippen molar-refractivity contribution in [3.63, 3.8) is 0 Å². The molecule has 0 fully saturated rings. The van der Waals surface area contributed by atoms with Crippen molar-refractivity contribution in [2.24, 2.45) is 0 Å². The van der Waals surface area contributed by atoms with Gasteiger partial charge in [0.1, 0.15) is 24.2 Å². The van der Waals surface area contributed by atoms with Gasteiger partial charge in [-0.2, -0.15) is 0 Å². The van der Waals surface area contributed by atoms with Crippen molar-refractivity contribution in [1.82, 2.24) is 5.32 Å². The average Bonchev–Trinajstić information content (AvgIpc) is 2.51. The summed E-state index contributed by atoms with van der Waals surface area (Å²) in [5.74, 6) is 1.44. The largest absolute Gasteiger partial charge is 0.497 e. The molecule has 6 heteroatoms. The third-order valence-electron chi connectivity index (χ3n) is 2.99. The topological polar surface area (TPSA) is 80.2 Å². The van der Waals surface area contributed by atoms with Crippen LogP contribution in [0.3, 0.4) is 0 Å². The van der Waals surface area contributed by atoms with Crippen molar-refractivity contribution in [3.05, 3.63) is 24.3 Å². The highest BCUT2D eigenvalue weighted by atomic mass is 16.5. The molecular formula is C15H25NO5. The number of ether oxygens (including phenoxy) is 3. The van der Waals surface area contributed by atoms with Crippen LogP contribution in [0.4, 0.5) is 0 Å². The molecule has 1 aromatic rings. The molecule has 0 spiro atoms. The molecular weight excluding hydrogens is 274 g/mol. The minimum atomic E-state index is -0.634. The molecule has 0 saturated heterocycles. The van der Waals surface area contributed by atoms with Crippen molar-refractivity contribution in [2.45, 2.75) is 18.6 Å². The predicted molar refractivity (Wildman–Crippen MR) is 79.9 cm³/mol. The number of aliphatic hydroxyl groups excluding tert-OH is 2. The first-order valence-electron chi connectivity index (χ1n) is 6.97. The van der Waals surface area contributed by atoms with Gasteiger partial charge in [-0.25, -0.2) is 0 Å². The fraction of sp³-hybridized carbons (Fsp3) is 0.600. The Hall–Kier alpha value is -1.34. The Kier molecular flexibility index (Phi) is 8.77. The molecule has 0 heterocycles.